The summed E-state index contributed by atoms with van der Waals surface area (Å²) in [5, 5.41) is 7.88. The molecule has 1 aliphatic rings. The quantitative estimate of drug-likeness (QED) is 0.376. The van der Waals surface area contributed by atoms with Crippen LogP contribution in [0.5, 0.6) is 0 Å². The lowest BCUT2D eigenvalue weighted by Crippen LogP contribution is -2.09. The van der Waals surface area contributed by atoms with E-state index >= 15 is 0 Å². The summed E-state index contributed by atoms with van der Waals surface area (Å²) in [6.45, 7) is 5.68. The molecule has 0 unspecified atom stereocenters. The second-order valence-electron chi connectivity index (χ2n) is 8.23. The van der Waals surface area contributed by atoms with Crippen molar-refractivity contribution in [2.75, 3.05) is 5.73 Å². The van der Waals surface area contributed by atoms with E-state index < -0.39 is 11.9 Å². The highest BCUT2D eigenvalue weighted by Gasteiger charge is 2.33. The molecule has 1 fully saturated rings. The molecule has 6 heteroatoms. The Hall–Kier alpha value is -2.89. The second-order valence-corrected chi connectivity index (χ2v) is 8.23. The first kappa shape index (κ1) is 25.4. The van der Waals surface area contributed by atoms with E-state index in [1.165, 1.54) is 50.2 Å². The van der Waals surface area contributed by atoms with Crippen molar-refractivity contribution in [1.82, 2.24) is 4.98 Å². The smallest absolute Gasteiger partial charge is 0.398 e. The normalized spacial score (nSPS) is 13.4. The third-order valence-corrected chi connectivity index (χ3v) is 5.24. The molecule has 0 spiro atoms. The number of nitrogens with zero attached hydrogens (tertiary/aromatic N) is 1. The Morgan fingerprint density at radius 1 is 0.875 bits per heavy atom. The number of nitrogens with one attached hydrogen (secondary N) is 1. The highest BCUT2D eigenvalue weighted by atomic mass is 19.4. The Morgan fingerprint density at radius 2 is 1.44 bits per heavy atom. The predicted molar refractivity (Wildman–Crippen MR) is 127 cm³/mol. The van der Waals surface area contributed by atoms with Crippen molar-refractivity contribution in [2.24, 2.45) is 0 Å². The van der Waals surface area contributed by atoms with Crippen molar-refractivity contribution < 1.29 is 13.2 Å². The number of halogens is 3. The van der Waals surface area contributed by atoms with Crippen LogP contribution >= 0.6 is 0 Å². The summed E-state index contributed by atoms with van der Waals surface area (Å²) < 4.78 is 37.4. The maximum atomic E-state index is 12.5. The first-order valence-corrected chi connectivity index (χ1v) is 10.9. The first-order valence-electron chi connectivity index (χ1n) is 10.9. The fourth-order valence-corrected chi connectivity index (χ4v) is 3.45. The number of benzene rings is 2. The van der Waals surface area contributed by atoms with Gasteiger partial charge in [-0.1, -0.05) is 80.0 Å². The predicted octanol–water partition coefficient (Wildman–Crippen LogP) is 7.87. The number of rotatable bonds is 1. The van der Waals surface area contributed by atoms with E-state index in [0.717, 1.165) is 17.2 Å². The summed E-state index contributed by atoms with van der Waals surface area (Å²) in [6.07, 6.45) is 4.53. The molecule has 0 atom stereocenters. The molecule has 3 nitrogen and oxygen atoms in total. The number of pyridine rings is 1. The van der Waals surface area contributed by atoms with Crippen LogP contribution in [-0.4, -0.2) is 10.7 Å². The van der Waals surface area contributed by atoms with Crippen LogP contribution in [0, 0.1) is 19.3 Å². The van der Waals surface area contributed by atoms with E-state index in [4.69, 9.17) is 11.1 Å². The lowest BCUT2D eigenvalue weighted by atomic mass is 10.0. The summed E-state index contributed by atoms with van der Waals surface area (Å²) in [7, 11) is 0. The summed E-state index contributed by atoms with van der Waals surface area (Å²) in [6, 6.07) is 13.8. The van der Waals surface area contributed by atoms with Crippen LogP contribution in [0.25, 0.3) is 10.9 Å². The van der Waals surface area contributed by atoms with Crippen LogP contribution < -0.4 is 5.73 Å². The number of aryl methyl sites for hydroxylation is 2. The Bertz CT molecular complexity index is 1030. The molecule has 1 aromatic heterocycles. The summed E-state index contributed by atoms with van der Waals surface area (Å²) in [5.74, 6) is 0. The number of fused-ring (bicyclic) bond motifs is 1. The van der Waals surface area contributed by atoms with Gasteiger partial charge in [0.05, 0.1) is 5.52 Å². The molecule has 0 bridgehead atoms. The third kappa shape index (κ3) is 7.98. The topological polar surface area (TPSA) is 62.8 Å². The van der Waals surface area contributed by atoms with Gasteiger partial charge in [-0.15, -0.1) is 0 Å². The standard InChI is InChI=1S/C11H9F3N2.C9H11N.C6H12/c1-6-2-3-9-7(4-6)8(15)5-10(16-9)11(12,13)14;1-7-4-3-5-9(6-7)8(2)10;1-2-4-6-5-3-1/h2-5H,1H3,(H2,15,16);3-6,10H,1-2H3;1-6H2. The minimum atomic E-state index is -4.47. The summed E-state index contributed by atoms with van der Waals surface area (Å²) in [5.41, 5.74) is 8.77. The number of aromatic nitrogens is 1. The molecule has 4 rings (SSSR count). The van der Waals surface area contributed by atoms with Gasteiger partial charge >= 0.3 is 6.18 Å². The summed E-state index contributed by atoms with van der Waals surface area (Å²) in [4.78, 5) is 3.54. The number of alkyl halides is 3. The number of hydrogen-bond donors (Lipinski definition) is 2. The molecular weight excluding hydrogens is 411 g/mol. The van der Waals surface area contributed by atoms with Crippen molar-refractivity contribution in [1.29, 1.82) is 5.41 Å². The van der Waals surface area contributed by atoms with Crippen LogP contribution in [-0.2, 0) is 6.18 Å². The fraction of sp³-hybridized carbons (Fsp3) is 0.385. The Labute approximate surface area is 188 Å². The highest BCUT2D eigenvalue weighted by molar-refractivity contribution is 5.96. The van der Waals surface area contributed by atoms with Crippen LogP contribution in [0.15, 0.2) is 48.5 Å². The second kappa shape index (κ2) is 11.7. The van der Waals surface area contributed by atoms with E-state index in [2.05, 4.69) is 4.98 Å². The van der Waals surface area contributed by atoms with Crippen molar-refractivity contribution in [3.63, 3.8) is 0 Å². The molecule has 0 saturated heterocycles. The zero-order chi connectivity index (χ0) is 23.7. The SMILES string of the molecule is C1CCCCC1.CC(=N)c1cccc(C)c1.Cc1ccc2nc(C(F)(F)F)cc(N)c2c1. The highest BCUT2D eigenvalue weighted by Crippen LogP contribution is 2.32. The molecule has 1 heterocycles. The first-order chi connectivity index (χ1) is 15.1. The van der Waals surface area contributed by atoms with Gasteiger partial charge in [-0.2, -0.15) is 13.2 Å². The lowest BCUT2D eigenvalue weighted by molar-refractivity contribution is -0.140. The van der Waals surface area contributed by atoms with Gasteiger partial charge in [0.15, 0.2) is 0 Å². The average Bonchev–Trinajstić information content (AvgIpc) is 2.75. The average molecular weight is 444 g/mol. The van der Waals surface area contributed by atoms with Crippen LogP contribution in [0.4, 0.5) is 18.9 Å². The van der Waals surface area contributed by atoms with Gasteiger partial charge in [0.25, 0.3) is 0 Å². The molecule has 0 amide bonds. The van der Waals surface area contributed by atoms with Crippen LogP contribution in [0.3, 0.4) is 0 Å². The van der Waals surface area contributed by atoms with Crippen molar-refractivity contribution >= 4 is 22.3 Å². The molecule has 32 heavy (non-hydrogen) atoms. The lowest BCUT2D eigenvalue weighted by Gasteiger charge is -2.09. The number of anilines is 1. The molecule has 3 aromatic rings. The van der Waals surface area contributed by atoms with Gasteiger partial charge in [0.2, 0.25) is 0 Å². The number of nitrogens with two attached hydrogens (primary N) is 1. The summed E-state index contributed by atoms with van der Waals surface area (Å²) >= 11 is 0. The zero-order valence-electron chi connectivity index (χ0n) is 19.0. The van der Waals surface area contributed by atoms with Gasteiger partial charge < -0.3 is 11.1 Å². The zero-order valence-corrected chi connectivity index (χ0v) is 19.0. The number of hydrogen-bond acceptors (Lipinski definition) is 3. The van der Waals surface area contributed by atoms with E-state index in [1.807, 2.05) is 38.1 Å². The van der Waals surface area contributed by atoms with E-state index in [1.54, 1.807) is 19.1 Å². The van der Waals surface area contributed by atoms with Gasteiger partial charge in [0, 0.05) is 16.8 Å². The van der Waals surface area contributed by atoms with Gasteiger partial charge in [-0.3, -0.25) is 0 Å². The molecule has 2 aromatic carbocycles. The molecule has 0 radical (unpaired) electrons. The van der Waals surface area contributed by atoms with Crippen molar-refractivity contribution in [3.05, 3.63) is 70.9 Å². The van der Waals surface area contributed by atoms with Crippen molar-refractivity contribution in [3.8, 4) is 0 Å². The minimum absolute atomic E-state index is 0.0982. The van der Waals surface area contributed by atoms with E-state index in [0.29, 0.717) is 11.1 Å². The number of nitrogen functional groups attached to an aromatic ring is 1. The van der Waals surface area contributed by atoms with Crippen LogP contribution in [0.1, 0.15) is 67.8 Å². The molecule has 0 aliphatic heterocycles. The van der Waals surface area contributed by atoms with Gasteiger partial charge in [0.1, 0.15) is 5.69 Å². The Kier molecular flexibility index (Phi) is 9.24. The molecular formula is C26H32F3N3. The van der Waals surface area contributed by atoms with Crippen molar-refractivity contribution in [2.45, 2.75) is 65.5 Å². The van der Waals surface area contributed by atoms with Crippen LogP contribution in [0.2, 0.25) is 0 Å². The fourth-order valence-electron chi connectivity index (χ4n) is 3.45. The van der Waals surface area contributed by atoms with Gasteiger partial charge in [-0.05, 0) is 44.5 Å². The monoisotopic (exact) mass is 443 g/mol. The maximum absolute atomic E-state index is 12.5. The van der Waals surface area contributed by atoms with Gasteiger partial charge in [-0.25, -0.2) is 4.98 Å². The third-order valence-electron chi connectivity index (χ3n) is 5.24. The molecule has 172 valence electrons. The maximum Gasteiger partial charge on any atom is 0.433 e. The molecule has 1 saturated carbocycles. The Balaban J connectivity index is 0.000000192. The molecule has 3 N–H and O–H groups in total. The van der Waals surface area contributed by atoms with E-state index in [9.17, 15) is 13.2 Å². The minimum Gasteiger partial charge on any atom is -0.398 e. The molecule has 1 aliphatic carbocycles. The Morgan fingerprint density at radius 3 is 1.91 bits per heavy atom. The largest absolute Gasteiger partial charge is 0.433 e. The van der Waals surface area contributed by atoms with E-state index in [-0.39, 0.29) is 11.2 Å².